The van der Waals surface area contributed by atoms with Crippen LogP contribution in [0.2, 0.25) is 0 Å². The SMILES string of the molecule is Cc1ccc(C(N)c2c(Br)cnn2C(C)C)cc1F. The normalized spacial score (nSPS) is 13.0. The summed E-state index contributed by atoms with van der Waals surface area (Å²) in [6, 6.07) is 4.88. The van der Waals surface area contributed by atoms with Gasteiger partial charge in [-0.2, -0.15) is 5.10 Å². The van der Waals surface area contributed by atoms with Crippen LogP contribution in [0, 0.1) is 12.7 Å². The minimum Gasteiger partial charge on any atom is -0.319 e. The maximum absolute atomic E-state index is 13.7. The largest absolute Gasteiger partial charge is 0.319 e. The van der Waals surface area contributed by atoms with Gasteiger partial charge in [0.2, 0.25) is 0 Å². The summed E-state index contributed by atoms with van der Waals surface area (Å²) in [5.41, 5.74) is 8.48. The molecule has 1 aromatic heterocycles. The Kier molecular flexibility index (Phi) is 4.06. The number of aryl methyl sites for hydroxylation is 1. The third-order valence-corrected chi connectivity index (χ3v) is 3.74. The van der Waals surface area contributed by atoms with Crippen LogP contribution in [0.5, 0.6) is 0 Å². The molecule has 0 aliphatic carbocycles. The van der Waals surface area contributed by atoms with Gasteiger partial charge in [0.25, 0.3) is 0 Å². The fourth-order valence-electron chi connectivity index (χ4n) is 2.01. The smallest absolute Gasteiger partial charge is 0.126 e. The Balaban J connectivity index is 2.46. The van der Waals surface area contributed by atoms with Gasteiger partial charge in [0.1, 0.15) is 5.82 Å². The summed E-state index contributed by atoms with van der Waals surface area (Å²) >= 11 is 3.46. The van der Waals surface area contributed by atoms with Crippen molar-refractivity contribution in [1.29, 1.82) is 0 Å². The van der Waals surface area contributed by atoms with Crippen molar-refractivity contribution in [3.8, 4) is 0 Å². The molecule has 0 bridgehead atoms. The molecule has 0 saturated heterocycles. The molecule has 1 unspecified atom stereocenters. The van der Waals surface area contributed by atoms with E-state index in [1.807, 2.05) is 24.6 Å². The lowest BCUT2D eigenvalue weighted by Crippen LogP contribution is -2.19. The van der Waals surface area contributed by atoms with Crippen molar-refractivity contribution < 1.29 is 4.39 Å². The van der Waals surface area contributed by atoms with Gasteiger partial charge in [-0.15, -0.1) is 0 Å². The van der Waals surface area contributed by atoms with E-state index in [1.54, 1.807) is 19.2 Å². The monoisotopic (exact) mass is 325 g/mol. The molecule has 0 saturated carbocycles. The Morgan fingerprint density at radius 2 is 2.05 bits per heavy atom. The molecular formula is C14H17BrFN3. The number of benzene rings is 1. The number of hydrogen-bond acceptors (Lipinski definition) is 2. The predicted octanol–water partition coefficient (Wildman–Crippen LogP) is 3.72. The van der Waals surface area contributed by atoms with E-state index in [0.29, 0.717) is 5.56 Å². The zero-order chi connectivity index (χ0) is 14.2. The van der Waals surface area contributed by atoms with E-state index >= 15 is 0 Å². The van der Waals surface area contributed by atoms with Gasteiger partial charge in [-0.05, 0) is 53.9 Å². The van der Waals surface area contributed by atoms with E-state index in [4.69, 9.17) is 5.73 Å². The van der Waals surface area contributed by atoms with Crippen molar-refractivity contribution in [2.45, 2.75) is 32.9 Å². The zero-order valence-corrected chi connectivity index (χ0v) is 12.8. The van der Waals surface area contributed by atoms with Crippen LogP contribution < -0.4 is 5.73 Å². The van der Waals surface area contributed by atoms with E-state index < -0.39 is 6.04 Å². The Morgan fingerprint density at radius 3 is 2.63 bits per heavy atom. The maximum atomic E-state index is 13.7. The zero-order valence-electron chi connectivity index (χ0n) is 11.2. The fourth-order valence-corrected chi connectivity index (χ4v) is 2.53. The first kappa shape index (κ1) is 14.2. The molecule has 0 amide bonds. The summed E-state index contributed by atoms with van der Waals surface area (Å²) in [5, 5.41) is 4.30. The highest BCUT2D eigenvalue weighted by Gasteiger charge is 2.20. The van der Waals surface area contributed by atoms with Gasteiger partial charge in [-0.1, -0.05) is 12.1 Å². The number of halogens is 2. The van der Waals surface area contributed by atoms with Crippen LogP contribution in [0.15, 0.2) is 28.9 Å². The maximum Gasteiger partial charge on any atom is 0.126 e. The molecule has 19 heavy (non-hydrogen) atoms. The van der Waals surface area contributed by atoms with E-state index in [0.717, 1.165) is 15.7 Å². The average Bonchev–Trinajstić information content (AvgIpc) is 2.74. The van der Waals surface area contributed by atoms with E-state index in [9.17, 15) is 4.39 Å². The number of hydrogen-bond donors (Lipinski definition) is 1. The number of nitrogens with two attached hydrogens (primary N) is 1. The second kappa shape index (κ2) is 5.43. The fraction of sp³-hybridized carbons (Fsp3) is 0.357. The summed E-state index contributed by atoms with van der Waals surface area (Å²) in [6.45, 7) is 5.80. The van der Waals surface area contributed by atoms with E-state index in [-0.39, 0.29) is 11.9 Å². The Hall–Kier alpha value is -1.20. The van der Waals surface area contributed by atoms with Crippen molar-refractivity contribution in [2.24, 2.45) is 5.73 Å². The Labute approximate surface area is 120 Å². The summed E-state index contributed by atoms with van der Waals surface area (Å²) in [6.07, 6.45) is 1.72. The van der Waals surface area contributed by atoms with Crippen molar-refractivity contribution in [2.75, 3.05) is 0 Å². The van der Waals surface area contributed by atoms with Gasteiger partial charge >= 0.3 is 0 Å². The van der Waals surface area contributed by atoms with E-state index in [2.05, 4.69) is 21.0 Å². The van der Waals surface area contributed by atoms with Crippen LogP contribution in [-0.2, 0) is 0 Å². The van der Waals surface area contributed by atoms with Crippen LogP contribution in [0.25, 0.3) is 0 Å². The van der Waals surface area contributed by atoms with Crippen molar-refractivity contribution in [3.63, 3.8) is 0 Å². The highest BCUT2D eigenvalue weighted by Crippen LogP contribution is 2.29. The molecule has 0 fully saturated rings. The molecule has 1 heterocycles. The van der Waals surface area contributed by atoms with Gasteiger partial charge in [0.05, 0.1) is 22.4 Å². The van der Waals surface area contributed by atoms with Gasteiger partial charge in [-0.3, -0.25) is 4.68 Å². The number of rotatable bonds is 3. The molecule has 102 valence electrons. The molecule has 3 nitrogen and oxygen atoms in total. The molecule has 0 spiro atoms. The first-order valence-corrected chi connectivity index (χ1v) is 6.95. The predicted molar refractivity (Wildman–Crippen MR) is 77.5 cm³/mol. The van der Waals surface area contributed by atoms with Crippen molar-refractivity contribution >= 4 is 15.9 Å². The lowest BCUT2D eigenvalue weighted by molar-refractivity contribution is 0.498. The first-order valence-electron chi connectivity index (χ1n) is 6.16. The molecule has 2 rings (SSSR count). The third kappa shape index (κ3) is 2.72. The summed E-state index contributed by atoms with van der Waals surface area (Å²) in [4.78, 5) is 0. The molecule has 1 atom stereocenters. The number of nitrogens with zero attached hydrogens (tertiary/aromatic N) is 2. The first-order chi connectivity index (χ1) is 8.91. The molecule has 2 aromatic rings. The topological polar surface area (TPSA) is 43.8 Å². The highest BCUT2D eigenvalue weighted by atomic mass is 79.9. The van der Waals surface area contributed by atoms with E-state index in [1.165, 1.54) is 6.07 Å². The lowest BCUT2D eigenvalue weighted by atomic mass is 10.0. The quantitative estimate of drug-likeness (QED) is 0.934. The van der Waals surface area contributed by atoms with Crippen LogP contribution in [0.3, 0.4) is 0 Å². The van der Waals surface area contributed by atoms with Gasteiger partial charge in [0, 0.05) is 6.04 Å². The highest BCUT2D eigenvalue weighted by molar-refractivity contribution is 9.10. The molecule has 5 heteroatoms. The van der Waals surface area contributed by atoms with Crippen molar-refractivity contribution in [1.82, 2.24) is 9.78 Å². The standard InChI is InChI=1S/C14H17BrFN3/c1-8(2)19-14(11(15)7-18-19)13(17)10-5-4-9(3)12(16)6-10/h4-8,13H,17H2,1-3H3. The molecular weight excluding hydrogens is 309 g/mol. The lowest BCUT2D eigenvalue weighted by Gasteiger charge is -2.18. The van der Waals surface area contributed by atoms with Crippen LogP contribution in [0.1, 0.15) is 42.8 Å². The molecule has 2 N–H and O–H groups in total. The molecule has 1 aromatic carbocycles. The second-order valence-corrected chi connectivity index (χ2v) is 5.76. The van der Waals surface area contributed by atoms with Crippen LogP contribution in [0.4, 0.5) is 4.39 Å². The summed E-state index contributed by atoms with van der Waals surface area (Å²) < 4.78 is 16.3. The number of aromatic nitrogens is 2. The van der Waals surface area contributed by atoms with Gasteiger partial charge in [0.15, 0.2) is 0 Å². The third-order valence-electron chi connectivity index (χ3n) is 3.13. The summed E-state index contributed by atoms with van der Waals surface area (Å²) in [7, 11) is 0. The van der Waals surface area contributed by atoms with Crippen LogP contribution >= 0.6 is 15.9 Å². The minimum absolute atomic E-state index is 0.197. The summed E-state index contributed by atoms with van der Waals surface area (Å²) in [5.74, 6) is -0.236. The Bertz CT molecular complexity index is 592. The van der Waals surface area contributed by atoms with Crippen LogP contribution in [-0.4, -0.2) is 9.78 Å². The second-order valence-electron chi connectivity index (χ2n) is 4.90. The van der Waals surface area contributed by atoms with Gasteiger partial charge in [-0.25, -0.2) is 4.39 Å². The Morgan fingerprint density at radius 1 is 1.37 bits per heavy atom. The molecule has 0 aliphatic heterocycles. The minimum atomic E-state index is -0.408. The average molecular weight is 326 g/mol. The molecule has 0 radical (unpaired) electrons. The van der Waals surface area contributed by atoms with Gasteiger partial charge < -0.3 is 5.73 Å². The molecule has 0 aliphatic rings. The van der Waals surface area contributed by atoms with Crippen molar-refractivity contribution in [3.05, 3.63) is 51.5 Å².